The van der Waals surface area contributed by atoms with E-state index in [0.29, 0.717) is 24.6 Å². The third-order valence-electron chi connectivity index (χ3n) is 4.38. The summed E-state index contributed by atoms with van der Waals surface area (Å²) in [6.45, 7) is 0.759. The molecule has 26 heavy (non-hydrogen) atoms. The molecule has 0 radical (unpaired) electrons. The lowest BCUT2D eigenvalue weighted by Crippen LogP contribution is -2.44. The van der Waals surface area contributed by atoms with Crippen LogP contribution < -0.4 is 14.2 Å². The van der Waals surface area contributed by atoms with Gasteiger partial charge in [-0.25, -0.2) is 8.42 Å². The van der Waals surface area contributed by atoms with Gasteiger partial charge in [0.05, 0.1) is 20.8 Å². The largest absolute Gasteiger partial charge is 0.497 e. The maximum atomic E-state index is 13.2. The van der Waals surface area contributed by atoms with E-state index in [1.807, 2.05) is 30.3 Å². The average Bonchev–Trinajstić information content (AvgIpc) is 2.68. The molecule has 0 spiro atoms. The summed E-state index contributed by atoms with van der Waals surface area (Å²) in [7, 11) is -0.755. The van der Waals surface area contributed by atoms with E-state index in [0.717, 1.165) is 18.6 Å². The number of rotatable bonds is 6. The van der Waals surface area contributed by atoms with Crippen molar-refractivity contribution < 1.29 is 22.6 Å². The van der Waals surface area contributed by atoms with Gasteiger partial charge in [0.1, 0.15) is 28.2 Å². The van der Waals surface area contributed by atoms with Crippen LogP contribution in [0.2, 0.25) is 0 Å². The van der Waals surface area contributed by atoms with Gasteiger partial charge in [-0.2, -0.15) is 4.31 Å². The van der Waals surface area contributed by atoms with Crippen molar-refractivity contribution in [1.82, 2.24) is 4.31 Å². The first-order chi connectivity index (χ1) is 12.5. The monoisotopic (exact) mass is 377 g/mol. The zero-order chi connectivity index (χ0) is 18.6. The van der Waals surface area contributed by atoms with Crippen molar-refractivity contribution in [3.05, 3.63) is 48.5 Å². The minimum absolute atomic E-state index is 0.111. The quantitative estimate of drug-likeness (QED) is 0.774. The van der Waals surface area contributed by atoms with E-state index in [-0.39, 0.29) is 11.0 Å². The van der Waals surface area contributed by atoms with E-state index >= 15 is 0 Å². The van der Waals surface area contributed by atoms with Crippen LogP contribution in [0, 0.1) is 0 Å². The summed E-state index contributed by atoms with van der Waals surface area (Å²) < 4.78 is 44.2. The first kappa shape index (κ1) is 18.5. The fraction of sp³-hybridized carbons (Fsp3) is 0.368. The van der Waals surface area contributed by atoms with Gasteiger partial charge in [0.25, 0.3) is 0 Å². The zero-order valence-electron chi connectivity index (χ0n) is 14.9. The molecule has 1 saturated heterocycles. The molecule has 1 aliphatic rings. The number of piperidine rings is 1. The van der Waals surface area contributed by atoms with Gasteiger partial charge in [0.2, 0.25) is 10.0 Å². The predicted octanol–water partition coefficient (Wildman–Crippen LogP) is 2.94. The highest BCUT2D eigenvalue weighted by atomic mass is 32.2. The van der Waals surface area contributed by atoms with Gasteiger partial charge in [0, 0.05) is 12.6 Å². The van der Waals surface area contributed by atoms with Crippen molar-refractivity contribution >= 4 is 10.0 Å². The van der Waals surface area contributed by atoms with Gasteiger partial charge in [0.15, 0.2) is 0 Å². The SMILES string of the molecule is COc1ccc(OC)c(S(=O)(=O)N2CCCC(Oc3ccccc3)C2)c1. The molecule has 6 nitrogen and oxygen atoms in total. The topological polar surface area (TPSA) is 65.1 Å². The Morgan fingerprint density at radius 2 is 1.77 bits per heavy atom. The third-order valence-corrected chi connectivity index (χ3v) is 6.26. The van der Waals surface area contributed by atoms with Gasteiger partial charge in [-0.05, 0) is 37.1 Å². The van der Waals surface area contributed by atoms with Crippen molar-refractivity contribution in [2.75, 3.05) is 27.3 Å². The van der Waals surface area contributed by atoms with Crippen molar-refractivity contribution in [1.29, 1.82) is 0 Å². The van der Waals surface area contributed by atoms with Gasteiger partial charge in [-0.15, -0.1) is 0 Å². The summed E-state index contributed by atoms with van der Waals surface area (Å²) in [5, 5.41) is 0. The van der Waals surface area contributed by atoms with E-state index in [9.17, 15) is 8.42 Å². The summed E-state index contributed by atoms with van der Waals surface area (Å²) in [6.07, 6.45) is 1.37. The Morgan fingerprint density at radius 1 is 1.00 bits per heavy atom. The molecule has 0 bridgehead atoms. The van der Waals surface area contributed by atoms with Crippen LogP contribution in [-0.4, -0.2) is 46.1 Å². The lowest BCUT2D eigenvalue weighted by molar-refractivity contribution is 0.129. The second kappa shape index (κ2) is 7.97. The first-order valence-corrected chi connectivity index (χ1v) is 9.92. The molecule has 0 N–H and O–H groups in total. The molecule has 1 aliphatic heterocycles. The minimum Gasteiger partial charge on any atom is -0.497 e. The van der Waals surface area contributed by atoms with Crippen LogP contribution in [-0.2, 0) is 10.0 Å². The summed E-state index contributed by atoms with van der Waals surface area (Å²) >= 11 is 0. The molecule has 0 aromatic heterocycles. The van der Waals surface area contributed by atoms with E-state index in [1.54, 1.807) is 12.1 Å². The van der Waals surface area contributed by atoms with E-state index in [4.69, 9.17) is 14.2 Å². The summed E-state index contributed by atoms with van der Waals surface area (Å²) in [5.74, 6) is 1.52. The molecule has 1 fully saturated rings. The number of hydrogen-bond acceptors (Lipinski definition) is 5. The summed E-state index contributed by atoms with van der Waals surface area (Å²) in [4.78, 5) is 0.111. The predicted molar refractivity (Wildman–Crippen MR) is 98.4 cm³/mol. The molecular formula is C19H23NO5S. The van der Waals surface area contributed by atoms with Crippen LogP contribution in [0.25, 0.3) is 0 Å². The molecule has 1 unspecified atom stereocenters. The highest BCUT2D eigenvalue weighted by molar-refractivity contribution is 7.89. The second-order valence-corrected chi connectivity index (χ2v) is 7.98. The Morgan fingerprint density at radius 3 is 2.46 bits per heavy atom. The molecule has 3 rings (SSSR count). The normalized spacial score (nSPS) is 18.3. The lowest BCUT2D eigenvalue weighted by Gasteiger charge is -2.32. The van der Waals surface area contributed by atoms with Crippen LogP contribution in [0.4, 0.5) is 0 Å². The van der Waals surface area contributed by atoms with E-state index in [2.05, 4.69) is 0 Å². The third kappa shape index (κ3) is 3.94. The Hall–Kier alpha value is -2.25. The highest BCUT2D eigenvalue weighted by Crippen LogP contribution is 2.32. The Labute approximate surface area is 154 Å². The van der Waals surface area contributed by atoms with Gasteiger partial charge in [-0.3, -0.25) is 0 Å². The Bertz CT molecular complexity index is 838. The Balaban J connectivity index is 1.83. The molecule has 7 heteroatoms. The van der Waals surface area contributed by atoms with Crippen LogP contribution >= 0.6 is 0 Å². The number of hydrogen-bond donors (Lipinski definition) is 0. The number of methoxy groups -OCH3 is 2. The number of nitrogens with zero attached hydrogens (tertiary/aromatic N) is 1. The van der Waals surface area contributed by atoms with E-state index in [1.165, 1.54) is 24.6 Å². The maximum Gasteiger partial charge on any atom is 0.247 e. The molecule has 0 saturated carbocycles. The van der Waals surface area contributed by atoms with Crippen LogP contribution in [0.5, 0.6) is 17.2 Å². The van der Waals surface area contributed by atoms with Crippen LogP contribution in [0.1, 0.15) is 12.8 Å². The fourth-order valence-electron chi connectivity index (χ4n) is 3.04. The summed E-state index contributed by atoms with van der Waals surface area (Å²) in [6, 6.07) is 14.2. The first-order valence-electron chi connectivity index (χ1n) is 8.48. The van der Waals surface area contributed by atoms with E-state index < -0.39 is 10.0 Å². The number of para-hydroxylation sites is 1. The number of benzene rings is 2. The lowest BCUT2D eigenvalue weighted by atomic mass is 10.1. The smallest absolute Gasteiger partial charge is 0.247 e. The molecule has 0 amide bonds. The minimum atomic E-state index is -3.71. The van der Waals surface area contributed by atoms with Crippen LogP contribution in [0.15, 0.2) is 53.4 Å². The van der Waals surface area contributed by atoms with Crippen molar-refractivity contribution in [3.8, 4) is 17.2 Å². The molecule has 0 aliphatic carbocycles. The Kier molecular flexibility index (Phi) is 5.68. The zero-order valence-corrected chi connectivity index (χ0v) is 15.7. The summed E-state index contributed by atoms with van der Waals surface area (Å²) in [5.41, 5.74) is 0. The highest BCUT2D eigenvalue weighted by Gasteiger charge is 2.33. The molecule has 2 aromatic carbocycles. The number of ether oxygens (including phenoxy) is 3. The molecule has 1 heterocycles. The number of sulfonamides is 1. The molecule has 2 aromatic rings. The standard InChI is InChI=1S/C19H23NO5S/c1-23-16-10-11-18(24-2)19(13-16)26(21,22)20-12-6-9-17(14-20)25-15-7-4-3-5-8-15/h3-5,7-8,10-11,13,17H,6,9,12,14H2,1-2H3. The maximum absolute atomic E-state index is 13.2. The van der Waals surface area contributed by atoms with Crippen LogP contribution in [0.3, 0.4) is 0 Å². The van der Waals surface area contributed by atoms with Crippen molar-refractivity contribution in [3.63, 3.8) is 0 Å². The molecule has 140 valence electrons. The van der Waals surface area contributed by atoms with Crippen molar-refractivity contribution in [2.24, 2.45) is 0 Å². The molecule has 1 atom stereocenters. The van der Waals surface area contributed by atoms with Gasteiger partial charge in [-0.1, -0.05) is 18.2 Å². The van der Waals surface area contributed by atoms with Gasteiger partial charge >= 0.3 is 0 Å². The van der Waals surface area contributed by atoms with Crippen molar-refractivity contribution in [2.45, 2.75) is 23.8 Å². The second-order valence-electron chi connectivity index (χ2n) is 6.07. The molecular weight excluding hydrogens is 354 g/mol. The fourth-order valence-corrected chi connectivity index (χ4v) is 4.72. The average molecular weight is 377 g/mol. The van der Waals surface area contributed by atoms with Gasteiger partial charge < -0.3 is 14.2 Å².